The minimum absolute atomic E-state index is 0.0463. The number of hydrogen-bond donors (Lipinski definition) is 0. The number of carbonyl (C=O) groups is 1. The average molecular weight is 297 g/mol. The molecule has 0 saturated carbocycles. The molecule has 0 saturated heterocycles. The molecule has 1 aromatic carbocycles. The maximum atomic E-state index is 12.4. The van der Waals surface area contributed by atoms with Crippen molar-refractivity contribution >= 4 is 28.0 Å². The van der Waals surface area contributed by atoms with Gasteiger partial charge in [0.25, 0.3) is 0 Å². The molecule has 0 aliphatic carbocycles. The van der Waals surface area contributed by atoms with E-state index in [2.05, 4.69) is 4.98 Å². The number of fused-ring (bicyclic) bond motifs is 2. The molecule has 0 unspecified atom stereocenters. The lowest BCUT2D eigenvalue weighted by Gasteiger charge is -2.07. The van der Waals surface area contributed by atoms with Crippen LogP contribution in [0.15, 0.2) is 45.6 Å². The summed E-state index contributed by atoms with van der Waals surface area (Å²) in [5.41, 5.74) is 1.10. The number of hydrogen-bond acceptors (Lipinski definition) is 5. The van der Waals surface area contributed by atoms with Gasteiger partial charge in [0, 0.05) is 0 Å². The minimum Gasteiger partial charge on any atom is -0.463 e. The molecule has 2 heterocycles. The first-order valence-electron chi connectivity index (χ1n) is 7.05. The molecule has 5 nitrogen and oxygen atoms in total. The van der Waals surface area contributed by atoms with Crippen LogP contribution in [-0.4, -0.2) is 17.1 Å². The Balaban J connectivity index is 2.05. The summed E-state index contributed by atoms with van der Waals surface area (Å²) in [7, 11) is 0. The molecule has 0 aliphatic rings. The Hall–Kier alpha value is -2.69. The Morgan fingerprint density at radius 1 is 1.18 bits per heavy atom. The highest BCUT2D eigenvalue weighted by atomic mass is 16.5. The van der Waals surface area contributed by atoms with E-state index in [1.807, 2.05) is 0 Å². The van der Waals surface area contributed by atoms with Crippen molar-refractivity contribution in [3.8, 4) is 0 Å². The number of pyridine rings is 1. The summed E-state index contributed by atoms with van der Waals surface area (Å²) >= 11 is 0. The molecule has 2 aromatic heterocycles. The molecule has 0 radical (unpaired) electrons. The SMILES string of the molecule is CC(C)OC(=O)Cc1ccc2c(=O)c3ccccc3oc2n1. The number of ether oxygens (including phenoxy) is 1. The van der Waals surface area contributed by atoms with Gasteiger partial charge in [-0.1, -0.05) is 12.1 Å². The Morgan fingerprint density at radius 2 is 1.95 bits per heavy atom. The van der Waals surface area contributed by atoms with E-state index in [0.29, 0.717) is 22.0 Å². The van der Waals surface area contributed by atoms with Crippen LogP contribution < -0.4 is 5.43 Å². The van der Waals surface area contributed by atoms with Crippen molar-refractivity contribution in [3.05, 3.63) is 52.3 Å². The lowest BCUT2D eigenvalue weighted by atomic mass is 10.1. The van der Waals surface area contributed by atoms with Gasteiger partial charge < -0.3 is 9.15 Å². The normalized spacial score (nSPS) is 11.2. The van der Waals surface area contributed by atoms with Crippen LogP contribution in [-0.2, 0) is 16.0 Å². The maximum Gasteiger partial charge on any atom is 0.312 e. The van der Waals surface area contributed by atoms with E-state index in [0.717, 1.165) is 0 Å². The number of benzene rings is 1. The second-order valence-electron chi connectivity index (χ2n) is 5.30. The van der Waals surface area contributed by atoms with E-state index in [4.69, 9.17) is 9.15 Å². The lowest BCUT2D eigenvalue weighted by Crippen LogP contribution is -2.14. The fourth-order valence-corrected chi connectivity index (χ4v) is 2.27. The Labute approximate surface area is 126 Å². The summed E-state index contributed by atoms with van der Waals surface area (Å²) in [6, 6.07) is 10.3. The first-order valence-corrected chi connectivity index (χ1v) is 7.05. The minimum atomic E-state index is -0.356. The molecular weight excluding hydrogens is 282 g/mol. The smallest absolute Gasteiger partial charge is 0.312 e. The summed E-state index contributed by atoms with van der Waals surface area (Å²) in [5, 5.41) is 0.920. The molecule has 5 heteroatoms. The third-order valence-corrected chi connectivity index (χ3v) is 3.19. The van der Waals surface area contributed by atoms with Crippen LogP contribution in [0.5, 0.6) is 0 Å². The quantitative estimate of drug-likeness (QED) is 0.549. The van der Waals surface area contributed by atoms with E-state index < -0.39 is 0 Å². The van der Waals surface area contributed by atoms with Gasteiger partial charge in [-0.15, -0.1) is 0 Å². The zero-order chi connectivity index (χ0) is 15.7. The number of esters is 1. The number of carbonyl (C=O) groups excluding carboxylic acids is 1. The van der Waals surface area contributed by atoms with Crippen LogP contribution in [0.25, 0.3) is 22.1 Å². The van der Waals surface area contributed by atoms with Gasteiger partial charge in [-0.3, -0.25) is 9.59 Å². The van der Waals surface area contributed by atoms with Gasteiger partial charge in [0.05, 0.1) is 29.0 Å². The maximum absolute atomic E-state index is 12.4. The van der Waals surface area contributed by atoms with Crippen LogP contribution in [0, 0.1) is 0 Å². The van der Waals surface area contributed by atoms with Gasteiger partial charge in [0.1, 0.15) is 5.58 Å². The third kappa shape index (κ3) is 2.70. The van der Waals surface area contributed by atoms with Crippen LogP contribution in [0.2, 0.25) is 0 Å². The van der Waals surface area contributed by atoms with Crippen LogP contribution >= 0.6 is 0 Å². The first kappa shape index (κ1) is 14.3. The van der Waals surface area contributed by atoms with E-state index in [9.17, 15) is 9.59 Å². The lowest BCUT2D eigenvalue weighted by molar-refractivity contribution is -0.146. The van der Waals surface area contributed by atoms with E-state index in [1.165, 1.54) is 0 Å². The fraction of sp³-hybridized carbons (Fsp3) is 0.235. The predicted molar refractivity (Wildman–Crippen MR) is 82.7 cm³/mol. The second kappa shape index (κ2) is 5.60. The number of rotatable bonds is 3. The highest BCUT2D eigenvalue weighted by Gasteiger charge is 2.12. The average Bonchev–Trinajstić information content (AvgIpc) is 2.46. The molecule has 3 aromatic rings. The number of aromatic nitrogens is 1. The number of nitrogens with zero attached hydrogens (tertiary/aromatic N) is 1. The third-order valence-electron chi connectivity index (χ3n) is 3.19. The first-order chi connectivity index (χ1) is 10.5. The molecule has 112 valence electrons. The van der Waals surface area contributed by atoms with E-state index in [1.54, 1.807) is 50.2 Å². The molecule has 0 amide bonds. The monoisotopic (exact) mass is 297 g/mol. The summed E-state index contributed by atoms with van der Waals surface area (Å²) in [6.07, 6.45) is -0.125. The Morgan fingerprint density at radius 3 is 2.73 bits per heavy atom. The van der Waals surface area contributed by atoms with Crippen LogP contribution in [0.3, 0.4) is 0 Å². The molecule has 0 fully saturated rings. The Bertz CT molecular complexity index is 911. The highest BCUT2D eigenvalue weighted by molar-refractivity contribution is 5.88. The molecule has 0 aliphatic heterocycles. The van der Waals surface area contributed by atoms with Gasteiger partial charge in [-0.25, -0.2) is 4.98 Å². The van der Waals surface area contributed by atoms with Crippen molar-refractivity contribution in [2.45, 2.75) is 26.4 Å². The summed E-state index contributed by atoms with van der Waals surface area (Å²) in [4.78, 5) is 28.3. The molecule has 22 heavy (non-hydrogen) atoms. The summed E-state index contributed by atoms with van der Waals surface area (Å²) < 4.78 is 10.8. The van der Waals surface area contributed by atoms with Gasteiger partial charge in [0.2, 0.25) is 11.1 Å². The molecule has 0 spiro atoms. The van der Waals surface area contributed by atoms with Gasteiger partial charge in [0.15, 0.2) is 0 Å². The molecular formula is C17H15NO4. The largest absolute Gasteiger partial charge is 0.463 e. The molecule has 0 atom stereocenters. The van der Waals surface area contributed by atoms with E-state index >= 15 is 0 Å². The topological polar surface area (TPSA) is 69.4 Å². The molecule has 0 N–H and O–H groups in total. The van der Waals surface area contributed by atoms with E-state index in [-0.39, 0.29) is 29.6 Å². The van der Waals surface area contributed by atoms with Crippen molar-refractivity contribution < 1.29 is 13.9 Å². The molecule has 3 rings (SSSR count). The van der Waals surface area contributed by atoms with Crippen molar-refractivity contribution in [3.63, 3.8) is 0 Å². The van der Waals surface area contributed by atoms with Gasteiger partial charge in [-0.05, 0) is 38.1 Å². The predicted octanol–water partition coefficient (Wildman–Crippen LogP) is 2.84. The van der Waals surface area contributed by atoms with Crippen molar-refractivity contribution in [2.75, 3.05) is 0 Å². The standard InChI is InChI=1S/C17H15NO4/c1-10(2)21-15(19)9-11-7-8-13-16(20)12-5-3-4-6-14(12)22-17(13)18-11/h3-8,10H,9H2,1-2H3. The summed E-state index contributed by atoms with van der Waals surface area (Å²) in [5.74, 6) is -0.356. The van der Waals surface area contributed by atoms with Crippen LogP contribution in [0.4, 0.5) is 0 Å². The van der Waals surface area contributed by atoms with Gasteiger partial charge >= 0.3 is 5.97 Å². The second-order valence-corrected chi connectivity index (χ2v) is 5.30. The van der Waals surface area contributed by atoms with Crippen molar-refractivity contribution in [2.24, 2.45) is 0 Å². The van der Waals surface area contributed by atoms with Crippen LogP contribution in [0.1, 0.15) is 19.5 Å². The van der Waals surface area contributed by atoms with Gasteiger partial charge in [-0.2, -0.15) is 0 Å². The summed E-state index contributed by atoms with van der Waals surface area (Å²) in [6.45, 7) is 3.58. The number of para-hydroxylation sites is 1. The Kier molecular flexibility index (Phi) is 3.63. The van der Waals surface area contributed by atoms with Crippen molar-refractivity contribution in [1.82, 2.24) is 4.98 Å². The molecule has 0 bridgehead atoms. The zero-order valence-corrected chi connectivity index (χ0v) is 12.3. The zero-order valence-electron chi connectivity index (χ0n) is 12.3. The fourth-order valence-electron chi connectivity index (χ4n) is 2.27. The van der Waals surface area contributed by atoms with Crippen molar-refractivity contribution in [1.29, 1.82) is 0 Å². The highest BCUT2D eigenvalue weighted by Crippen LogP contribution is 2.17.